The second kappa shape index (κ2) is 7.11. The van der Waals surface area contributed by atoms with Gasteiger partial charge in [-0.25, -0.2) is 4.98 Å². The van der Waals surface area contributed by atoms with Crippen molar-refractivity contribution in [2.45, 2.75) is 19.9 Å². The summed E-state index contributed by atoms with van der Waals surface area (Å²) < 4.78 is 0. The van der Waals surface area contributed by atoms with Crippen LogP contribution in [-0.2, 0) is 4.79 Å². The Bertz CT molecular complexity index is 687. The zero-order chi connectivity index (χ0) is 17.1. The zero-order valence-electron chi connectivity index (χ0n) is 14.4. The minimum atomic E-state index is -0.131. The predicted molar refractivity (Wildman–Crippen MR) is 93.7 cm³/mol. The molecule has 1 saturated heterocycles. The van der Waals surface area contributed by atoms with Crippen LogP contribution in [0, 0.1) is 6.92 Å². The zero-order valence-corrected chi connectivity index (χ0v) is 14.4. The highest BCUT2D eigenvalue weighted by molar-refractivity contribution is 5.94. The molecule has 1 aliphatic heterocycles. The molecule has 1 fully saturated rings. The molecule has 2 heterocycles. The number of rotatable bonds is 4. The van der Waals surface area contributed by atoms with Gasteiger partial charge in [-0.3, -0.25) is 14.8 Å². The van der Waals surface area contributed by atoms with Gasteiger partial charge < -0.3 is 10.2 Å². The molecule has 7 heteroatoms. The van der Waals surface area contributed by atoms with E-state index in [4.69, 9.17) is 0 Å². The number of piperazine rings is 1. The van der Waals surface area contributed by atoms with Gasteiger partial charge in [-0.05, 0) is 45.2 Å². The lowest BCUT2D eigenvalue weighted by Crippen LogP contribution is -2.51. The third-order valence-electron chi connectivity index (χ3n) is 4.47. The molecule has 3 rings (SSSR count). The van der Waals surface area contributed by atoms with Crippen molar-refractivity contribution in [1.29, 1.82) is 0 Å². The molecule has 1 aromatic heterocycles. The van der Waals surface area contributed by atoms with Crippen molar-refractivity contribution in [2.24, 2.45) is 0 Å². The first kappa shape index (κ1) is 16.6. The fraction of sp³-hybridized carbons (Fsp3) is 0.471. The molecular weight excluding hydrogens is 304 g/mol. The summed E-state index contributed by atoms with van der Waals surface area (Å²) in [6, 6.07) is 7.47. The van der Waals surface area contributed by atoms with Crippen LogP contribution in [0.25, 0.3) is 11.4 Å². The van der Waals surface area contributed by atoms with Crippen molar-refractivity contribution in [3.8, 4) is 11.4 Å². The van der Waals surface area contributed by atoms with Gasteiger partial charge in [0, 0.05) is 37.4 Å². The number of nitrogens with one attached hydrogen (secondary N) is 2. The normalized spacial score (nSPS) is 17.6. The van der Waals surface area contributed by atoms with Crippen LogP contribution >= 0.6 is 0 Å². The topological polar surface area (TPSA) is 77.2 Å². The molecule has 1 amide bonds. The first-order valence-electron chi connectivity index (χ1n) is 8.26. The molecule has 0 spiro atoms. The molecule has 2 aromatic rings. The Morgan fingerprint density at radius 1 is 1.21 bits per heavy atom. The summed E-state index contributed by atoms with van der Waals surface area (Å²) >= 11 is 0. The molecule has 0 saturated carbocycles. The standard InChI is InChI=1S/C17H24N6O/c1-12(23-10-8-22(3)9-11-23)17(24)19-15-6-4-14(5-7-15)16-18-13(2)20-21-16/h4-7,12H,8-11H2,1-3H3,(H,19,24)(H,18,20,21)/t12-/m0/s1. The highest BCUT2D eigenvalue weighted by atomic mass is 16.2. The second-order valence-electron chi connectivity index (χ2n) is 6.33. The van der Waals surface area contributed by atoms with Crippen LogP contribution < -0.4 is 5.32 Å². The summed E-state index contributed by atoms with van der Waals surface area (Å²) in [4.78, 5) is 21.3. The summed E-state index contributed by atoms with van der Waals surface area (Å²) in [5.41, 5.74) is 1.71. The first-order chi connectivity index (χ1) is 11.5. The summed E-state index contributed by atoms with van der Waals surface area (Å²) in [6.45, 7) is 7.68. The predicted octanol–water partition coefficient (Wildman–Crippen LogP) is 1.35. The largest absolute Gasteiger partial charge is 0.325 e. The van der Waals surface area contributed by atoms with Gasteiger partial charge in [-0.15, -0.1) is 0 Å². The van der Waals surface area contributed by atoms with Crippen molar-refractivity contribution in [2.75, 3.05) is 38.5 Å². The number of likely N-dealkylation sites (N-methyl/N-ethyl adjacent to an activating group) is 1. The number of anilines is 1. The number of carbonyl (C=O) groups excluding carboxylic acids is 1. The van der Waals surface area contributed by atoms with Gasteiger partial charge in [0.25, 0.3) is 0 Å². The number of nitrogens with zero attached hydrogens (tertiary/aromatic N) is 4. The minimum Gasteiger partial charge on any atom is -0.325 e. The van der Waals surface area contributed by atoms with Crippen LogP contribution in [0.5, 0.6) is 0 Å². The van der Waals surface area contributed by atoms with E-state index in [1.54, 1.807) is 0 Å². The fourth-order valence-corrected chi connectivity index (χ4v) is 2.80. The number of amides is 1. The second-order valence-corrected chi connectivity index (χ2v) is 6.33. The number of carbonyl (C=O) groups is 1. The molecule has 0 unspecified atom stereocenters. The molecule has 0 bridgehead atoms. The van der Waals surface area contributed by atoms with E-state index in [9.17, 15) is 4.79 Å². The lowest BCUT2D eigenvalue weighted by molar-refractivity contribution is -0.121. The third-order valence-corrected chi connectivity index (χ3v) is 4.47. The Labute approximate surface area is 142 Å². The monoisotopic (exact) mass is 328 g/mol. The molecule has 1 aliphatic rings. The molecular formula is C17H24N6O. The molecule has 24 heavy (non-hydrogen) atoms. The maximum Gasteiger partial charge on any atom is 0.241 e. The van der Waals surface area contributed by atoms with Crippen molar-refractivity contribution < 1.29 is 4.79 Å². The van der Waals surface area contributed by atoms with Gasteiger partial charge in [0.05, 0.1) is 6.04 Å². The molecule has 7 nitrogen and oxygen atoms in total. The smallest absolute Gasteiger partial charge is 0.241 e. The van der Waals surface area contributed by atoms with Crippen molar-refractivity contribution in [3.63, 3.8) is 0 Å². The highest BCUT2D eigenvalue weighted by Crippen LogP contribution is 2.18. The van der Waals surface area contributed by atoms with Crippen LogP contribution in [0.2, 0.25) is 0 Å². The number of hydrogen-bond donors (Lipinski definition) is 2. The molecule has 1 atom stereocenters. The number of hydrogen-bond acceptors (Lipinski definition) is 5. The summed E-state index contributed by atoms with van der Waals surface area (Å²) in [5, 5.41) is 9.96. The highest BCUT2D eigenvalue weighted by Gasteiger charge is 2.24. The van der Waals surface area contributed by atoms with Crippen molar-refractivity contribution >= 4 is 11.6 Å². The fourth-order valence-electron chi connectivity index (χ4n) is 2.80. The van der Waals surface area contributed by atoms with Gasteiger partial charge in [0.1, 0.15) is 5.82 Å². The number of aromatic nitrogens is 3. The van der Waals surface area contributed by atoms with E-state index in [1.165, 1.54) is 0 Å². The van der Waals surface area contributed by atoms with Crippen LogP contribution in [0.1, 0.15) is 12.7 Å². The van der Waals surface area contributed by atoms with Gasteiger partial charge in [-0.2, -0.15) is 5.10 Å². The number of benzene rings is 1. The maximum absolute atomic E-state index is 12.5. The van der Waals surface area contributed by atoms with Gasteiger partial charge in [0.15, 0.2) is 5.82 Å². The summed E-state index contributed by atoms with van der Waals surface area (Å²) in [7, 11) is 2.11. The summed E-state index contributed by atoms with van der Waals surface area (Å²) in [6.07, 6.45) is 0. The quantitative estimate of drug-likeness (QED) is 0.886. The van der Waals surface area contributed by atoms with E-state index in [-0.39, 0.29) is 11.9 Å². The Hall–Kier alpha value is -2.25. The molecule has 0 aliphatic carbocycles. The van der Waals surface area contributed by atoms with E-state index >= 15 is 0 Å². The molecule has 2 N–H and O–H groups in total. The lowest BCUT2D eigenvalue weighted by atomic mass is 10.1. The Balaban J connectivity index is 1.60. The van der Waals surface area contributed by atoms with E-state index in [2.05, 4.69) is 37.3 Å². The first-order valence-corrected chi connectivity index (χ1v) is 8.26. The minimum absolute atomic E-state index is 0.0287. The maximum atomic E-state index is 12.5. The SMILES string of the molecule is Cc1nc(-c2ccc(NC(=O)[C@H](C)N3CCN(C)CC3)cc2)n[nH]1. The Morgan fingerprint density at radius 3 is 2.46 bits per heavy atom. The lowest BCUT2D eigenvalue weighted by Gasteiger charge is -2.35. The van der Waals surface area contributed by atoms with E-state index in [0.717, 1.165) is 43.3 Å². The average molecular weight is 328 g/mol. The van der Waals surface area contributed by atoms with Gasteiger partial charge >= 0.3 is 0 Å². The molecule has 128 valence electrons. The molecule has 0 radical (unpaired) electrons. The summed E-state index contributed by atoms with van der Waals surface area (Å²) in [5.74, 6) is 1.47. The number of aromatic amines is 1. The van der Waals surface area contributed by atoms with Gasteiger partial charge in [-0.1, -0.05) is 0 Å². The average Bonchev–Trinajstić information content (AvgIpc) is 3.02. The van der Waals surface area contributed by atoms with E-state index in [1.807, 2.05) is 38.1 Å². The number of H-pyrrole nitrogens is 1. The van der Waals surface area contributed by atoms with Crippen LogP contribution in [0.4, 0.5) is 5.69 Å². The Kier molecular flexibility index (Phi) is 4.92. The van der Waals surface area contributed by atoms with E-state index in [0.29, 0.717) is 5.82 Å². The van der Waals surface area contributed by atoms with E-state index < -0.39 is 0 Å². The van der Waals surface area contributed by atoms with Gasteiger partial charge in [0.2, 0.25) is 5.91 Å². The van der Waals surface area contributed by atoms with Crippen LogP contribution in [0.15, 0.2) is 24.3 Å². The van der Waals surface area contributed by atoms with Crippen LogP contribution in [0.3, 0.4) is 0 Å². The molecule has 1 aromatic carbocycles. The van der Waals surface area contributed by atoms with Crippen LogP contribution in [-0.4, -0.2) is 70.2 Å². The third kappa shape index (κ3) is 3.80. The Morgan fingerprint density at radius 2 is 1.88 bits per heavy atom. The van der Waals surface area contributed by atoms with Crippen molar-refractivity contribution in [1.82, 2.24) is 25.0 Å². The van der Waals surface area contributed by atoms with Crippen molar-refractivity contribution in [3.05, 3.63) is 30.1 Å². The number of aryl methyl sites for hydroxylation is 1.